The summed E-state index contributed by atoms with van der Waals surface area (Å²) >= 11 is 0. The predicted molar refractivity (Wildman–Crippen MR) is 77.3 cm³/mol. The van der Waals surface area contributed by atoms with Gasteiger partial charge in [-0.3, -0.25) is 4.90 Å². The molecule has 0 bridgehead atoms. The Morgan fingerprint density at radius 3 is 2.95 bits per heavy atom. The van der Waals surface area contributed by atoms with Gasteiger partial charge in [-0.15, -0.1) is 0 Å². The highest BCUT2D eigenvalue weighted by molar-refractivity contribution is 5.16. The molecule has 104 valence electrons. The van der Waals surface area contributed by atoms with Crippen molar-refractivity contribution < 1.29 is 4.74 Å². The highest BCUT2D eigenvalue weighted by Gasteiger charge is 2.26. The van der Waals surface area contributed by atoms with E-state index < -0.39 is 0 Å². The summed E-state index contributed by atoms with van der Waals surface area (Å²) in [6.07, 6.45) is 2.39. The van der Waals surface area contributed by atoms with Gasteiger partial charge >= 0.3 is 0 Å². The fourth-order valence-corrected chi connectivity index (χ4v) is 3.19. The van der Waals surface area contributed by atoms with E-state index in [0.717, 1.165) is 38.6 Å². The number of benzene rings is 1. The second kappa shape index (κ2) is 6.51. The SMILES string of the molecule is c1ccc(CC2CNCCN2CC2CCOC2)cc1. The lowest BCUT2D eigenvalue weighted by Gasteiger charge is -2.37. The number of hydrogen-bond donors (Lipinski definition) is 1. The molecule has 0 radical (unpaired) electrons. The summed E-state index contributed by atoms with van der Waals surface area (Å²) in [7, 11) is 0. The predicted octanol–water partition coefficient (Wildman–Crippen LogP) is 1.54. The van der Waals surface area contributed by atoms with Crippen molar-refractivity contribution in [3.63, 3.8) is 0 Å². The molecule has 2 aliphatic rings. The third-order valence-corrected chi connectivity index (χ3v) is 4.30. The van der Waals surface area contributed by atoms with Gasteiger partial charge < -0.3 is 10.1 Å². The maximum Gasteiger partial charge on any atom is 0.0507 e. The van der Waals surface area contributed by atoms with Gasteiger partial charge in [-0.1, -0.05) is 30.3 Å². The molecule has 2 saturated heterocycles. The van der Waals surface area contributed by atoms with Gasteiger partial charge in [0.25, 0.3) is 0 Å². The number of nitrogens with one attached hydrogen (secondary N) is 1. The molecular formula is C16H24N2O. The Morgan fingerprint density at radius 2 is 2.16 bits per heavy atom. The number of hydrogen-bond acceptors (Lipinski definition) is 3. The van der Waals surface area contributed by atoms with Crippen molar-refractivity contribution in [2.24, 2.45) is 5.92 Å². The molecule has 1 aromatic rings. The van der Waals surface area contributed by atoms with Crippen molar-refractivity contribution in [3.05, 3.63) is 35.9 Å². The van der Waals surface area contributed by atoms with E-state index in [1.165, 1.54) is 25.1 Å². The van der Waals surface area contributed by atoms with Crippen molar-refractivity contribution in [1.29, 1.82) is 0 Å². The van der Waals surface area contributed by atoms with Crippen LogP contribution in [0.5, 0.6) is 0 Å². The molecule has 19 heavy (non-hydrogen) atoms. The number of rotatable bonds is 4. The van der Waals surface area contributed by atoms with E-state index in [1.54, 1.807) is 0 Å². The number of nitrogens with zero attached hydrogens (tertiary/aromatic N) is 1. The molecule has 2 fully saturated rings. The van der Waals surface area contributed by atoms with Crippen molar-refractivity contribution in [2.45, 2.75) is 18.9 Å². The van der Waals surface area contributed by atoms with E-state index in [-0.39, 0.29) is 0 Å². The van der Waals surface area contributed by atoms with Crippen LogP contribution in [0.1, 0.15) is 12.0 Å². The Hall–Kier alpha value is -0.900. The lowest BCUT2D eigenvalue weighted by Crippen LogP contribution is -2.53. The first-order chi connectivity index (χ1) is 9.42. The standard InChI is InChI=1S/C16H24N2O/c1-2-4-14(5-3-1)10-16-11-17-7-8-18(16)12-15-6-9-19-13-15/h1-5,15-17H,6-13H2. The molecule has 2 heterocycles. The van der Waals surface area contributed by atoms with Crippen molar-refractivity contribution in [1.82, 2.24) is 10.2 Å². The number of ether oxygens (including phenoxy) is 1. The van der Waals surface area contributed by atoms with Gasteiger partial charge in [-0.2, -0.15) is 0 Å². The average molecular weight is 260 g/mol. The van der Waals surface area contributed by atoms with Crippen LogP contribution in [0.25, 0.3) is 0 Å². The fraction of sp³-hybridized carbons (Fsp3) is 0.625. The molecule has 1 aromatic carbocycles. The first-order valence-electron chi connectivity index (χ1n) is 7.48. The van der Waals surface area contributed by atoms with Gasteiger partial charge in [0, 0.05) is 38.8 Å². The van der Waals surface area contributed by atoms with Crippen LogP contribution < -0.4 is 5.32 Å². The first kappa shape index (κ1) is 13.1. The van der Waals surface area contributed by atoms with Gasteiger partial charge in [-0.25, -0.2) is 0 Å². The molecule has 0 saturated carbocycles. The Balaban J connectivity index is 1.60. The zero-order chi connectivity index (χ0) is 12.9. The minimum Gasteiger partial charge on any atom is -0.381 e. The second-order valence-electron chi connectivity index (χ2n) is 5.77. The van der Waals surface area contributed by atoms with Crippen LogP contribution >= 0.6 is 0 Å². The summed E-state index contributed by atoms with van der Waals surface area (Å²) in [6, 6.07) is 11.5. The van der Waals surface area contributed by atoms with E-state index in [2.05, 4.69) is 40.5 Å². The van der Waals surface area contributed by atoms with E-state index in [9.17, 15) is 0 Å². The summed E-state index contributed by atoms with van der Waals surface area (Å²) in [5.74, 6) is 0.747. The Bertz CT molecular complexity index is 376. The average Bonchev–Trinajstić information content (AvgIpc) is 2.95. The maximum atomic E-state index is 5.51. The summed E-state index contributed by atoms with van der Waals surface area (Å²) in [6.45, 7) is 6.54. The minimum absolute atomic E-state index is 0.636. The molecule has 0 aliphatic carbocycles. The van der Waals surface area contributed by atoms with Gasteiger partial charge in [0.2, 0.25) is 0 Å². The summed E-state index contributed by atoms with van der Waals surface area (Å²) in [4.78, 5) is 2.67. The molecule has 2 aliphatic heterocycles. The molecule has 0 amide bonds. The topological polar surface area (TPSA) is 24.5 Å². The van der Waals surface area contributed by atoms with Crippen LogP contribution in [-0.2, 0) is 11.2 Å². The molecule has 2 unspecified atom stereocenters. The van der Waals surface area contributed by atoms with E-state index in [1.807, 2.05) is 0 Å². The van der Waals surface area contributed by atoms with Crippen LogP contribution in [0.3, 0.4) is 0 Å². The van der Waals surface area contributed by atoms with Gasteiger partial charge in [0.1, 0.15) is 0 Å². The van der Waals surface area contributed by atoms with Gasteiger partial charge in [0.15, 0.2) is 0 Å². The third kappa shape index (κ3) is 3.56. The molecule has 3 rings (SSSR count). The molecule has 3 nitrogen and oxygen atoms in total. The largest absolute Gasteiger partial charge is 0.381 e. The second-order valence-corrected chi connectivity index (χ2v) is 5.77. The van der Waals surface area contributed by atoms with Crippen molar-refractivity contribution in [3.8, 4) is 0 Å². The molecule has 0 spiro atoms. The highest BCUT2D eigenvalue weighted by Crippen LogP contribution is 2.18. The summed E-state index contributed by atoms with van der Waals surface area (Å²) in [5, 5.41) is 3.54. The fourth-order valence-electron chi connectivity index (χ4n) is 3.19. The Labute approximate surface area is 115 Å². The number of piperazine rings is 1. The van der Waals surface area contributed by atoms with Crippen LogP contribution in [0, 0.1) is 5.92 Å². The Morgan fingerprint density at radius 1 is 1.26 bits per heavy atom. The molecule has 3 heteroatoms. The van der Waals surface area contributed by atoms with Gasteiger partial charge in [0.05, 0.1) is 6.61 Å². The maximum absolute atomic E-state index is 5.51. The van der Waals surface area contributed by atoms with E-state index in [0.29, 0.717) is 6.04 Å². The highest BCUT2D eigenvalue weighted by atomic mass is 16.5. The van der Waals surface area contributed by atoms with Gasteiger partial charge in [-0.05, 0) is 24.3 Å². The zero-order valence-electron chi connectivity index (χ0n) is 11.6. The summed E-state index contributed by atoms with van der Waals surface area (Å²) in [5.41, 5.74) is 1.45. The summed E-state index contributed by atoms with van der Waals surface area (Å²) < 4.78 is 5.51. The normalized spacial score (nSPS) is 28.6. The molecule has 0 aromatic heterocycles. The molecule has 2 atom stereocenters. The zero-order valence-corrected chi connectivity index (χ0v) is 11.6. The van der Waals surface area contributed by atoms with Crippen molar-refractivity contribution in [2.75, 3.05) is 39.4 Å². The van der Waals surface area contributed by atoms with Crippen molar-refractivity contribution >= 4 is 0 Å². The lowest BCUT2D eigenvalue weighted by molar-refractivity contribution is 0.123. The molecular weight excluding hydrogens is 236 g/mol. The monoisotopic (exact) mass is 260 g/mol. The lowest BCUT2D eigenvalue weighted by atomic mass is 10.0. The minimum atomic E-state index is 0.636. The van der Waals surface area contributed by atoms with Crippen LogP contribution in [0.2, 0.25) is 0 Å². The first-order valence-corrected chi connectivity index (χ1v) is 7.48. The Kier molecular flexibility index (Phi) is 4.49. The quantitative estimate of drug-likeness (QED) is 0.889. The van der Waals surface area contributed by atoms with Crippen LogP contribution in [0.4, 0.5) is 0 Å². The van der Waals surface area contributed by atoms with Crippen LogP contribution in [-0.4, -0.2) is 50.3 Å². The molecule has 1 N–H and O–H groups in total. The smallest absolute Gasteiger partial charge is 0.0507 e. The van der Waals surface area contributed by atoms with E-state index >= 15 is 0 Å². The third-order valence-electron chi connectivity index (χ3n) is 4.30. The van der Waals surface area contributed by atoms with E-state index in [4.69, 9.17) is 4.74 Å². The van der Waals surface area contributed by atoms with Crippen LogP contribution in [0.15, 0.2) is 30.3 Å².